The van der Waals surface area contributed by atoms with Crippen molar-refractivity contribution in [2.75, 3.05) is 59.4 Å². The van der Waals surface area contributed by atoms with E-state index in [2.05, 4.69) is 56.1 Å². The Morgan fingerprint density at radius 1 is 1.25 bits per heavy atom. The van der Waals surface area contributed by atoms with Crippen LogP contribution in [0.2, 0.25) is 0 Å². The lowest BCUT2D eigenvalue weighted by atomic mass is 10.1. The molecule has 2 rings (SSSR count). The Bertz CT molecular complexity index is 458. The Morgan fingerprint density at radius 2 is 1.96 bits per heavy atom. The first-order valence-electron chi connectivity index (χ1n) is 8.64. The van der Waals surface area contributed by atoms with Crippen LogP contribution in [0.1, 0.15) is 25.3 Å². The summed E-state index contributed by atoms with van der Waals surface area (Å²) in [6, 6.07) is 2.20. The zero-order valence-corrected chi connectivity index (χ0v) is 18.3. The van der Waals surface area contributed by atoms with Crippen molar-refractivity contribution in [2.24, 2.45) is 4.99 Å². The maximum absolute atomic E-state index is 4.32. The lowest BCUT2D eigenvalue weighted by Gasteiger charge is -2.34. The van der Waals surface area contributed by atoms with E-state index in [-0.39, 0.29) is 24.0 Å². The molecule has 2 heterocycles. The summed E-state index contributed by atoms with van der Waals surface area (Å²) < 4.78 is 0. The minimum atomic E-state index is 0. The number of nitrogens with one attached hydrogen (secondary N) is 2. The van der Waals surface area contributed by atoms with Gasteiger partial charge < -0.3 is 15.5 Å². The number of nitrogens with zero attached hydrogens (tertiary/aromatic N) is 3. The Labute approximate surface area is 167 Å². The molecule has 0 bridgehead atoms. The van der Waals surface area contributed by atoms with Gasteiger partial charge >= 0.3 is 0 Å². The van der Waals surface area contributed by atoms with Crippen molar-refractivity contribution in [3.05, 3.63) is 22.4 Å². The van der Waals surface area contributed by atoms with Gasteiger partial charge in [0.05, 0.1) is 0 Å². The molecule has 7 heteroatoms. The normalized spacial score (nSPS) is 18.0. The molecular formula is C17H32IN5S. The van der Waals surface area contributed by atoms with Crippen molar-refractivity contribution >= 4 is 41.3 Å². The SMILES string of the molecule is CCN1CCN(CCNC(=NC)NCC(C)c2ccsc2)CC1.I. The zero-order valence-electron chi connectivity index (χ0n) is 15.1. The molecule has 1 saturated heterocycles. The van der Waals surface area contributed by atoms with Gasteiger partial charge in [-0.25, -0.2) is 0 Å². The molecule has 0 amide bonds. The number of guanidine groups is 1. The molecule has 1 aliphatic heterocycles. The zero-order chi connectivity index (χ0) is 16.5. The van der Waals surface area contributed by atoms with Crippen LogP contribution in [0.4, 0.5) is 0 Å². The highest BCUT2D eigenvalue weighted by atomic mass is 127. The maximum atomic E-state index is 4.32. The fourth-order valence-corrected chi connectivity index (χ4v) is 3.59. The minimum Gasteiger partial charge on any atom is -0.356 e. The third-order valence-electron chi connectivity index (χ3n) is 4.54. The van der Waals surface area contributed by atoms with E-state index in [0.29, 0.717) is 5.92 Å². The first-order valence-corrected chi connectivity index (χ1v) is 9.58. The second kappa shape index (κ2) is 12.1. The molecule has 24 heavy (non-hydrogen) atoms. The fourth-order valence-electron chi connectivity index (χ4n) is 2.81. The van der Waals surface area contributed by atoms with Crippen LogP contribution in [0.5, 0.6) is 0 Å². The van der Waals surface area contributed by atoms with Gasteiger partial charge in [0, 0.05) is 52.9 Å². The minimum absolute atomic E-state index is 0. The average molecular weight is 465 g/mol. The molecule has 0 spiro atoms. The second-order valence-electron chi connectivity index (χ2n) is 6.11. The fraction of sp³-hybridized carbons (Fsp3) is 0.706. The summed E-state index contributed by atoms with van der Waals surface area (Å²) in [4.78, 5) is 9.36. The van der Waals surface area contributed by atoms with Gasteiger partial charge in [0.25, 0.3) is 0 Å². The number of rotatable bonds is 7. The molecule has 0 aromatic carbocycles. The van der Waals surface area contributed by atoms with E-state index >= 15 is 0 Å². The summed E-state index contributed by atoms with van der Waals surface area (Å²) in [6.07, 6.45) is 0. The number of likely N-dealkylation sites (N-methyl/N-ethyl adjacent to an activating group) is 1. The smallest absolute Gasteiger partial charge is 0.191 e. The first-order chi connectivity index (χ1) is 11.2. The predicted octanol–water partition coefficient (Wildman–Crippen LogP) is 2.27. The largest absolute Gasteiger partial charge is 0.356 e. The molecule has 2 N–H and O–H groups in total. The van der Waals surface area contributed by atoms with Crippen LogP contribution in [0, 0.1) is 0 Å². The summed E-state index contributed by atoms with van der Waals surface area (Å²) >= 11 is 1.76. The molecule has 1 atom stereocenters. The van der Waals surface area contributed by atoms with Crippen molar-refractivity contribution in [1.82, 2.24) is 20.4 Å². The molecule has 1 aromatic heterocycles. The van der Waals surface area contributed by atoms with E-state index < -0.39 is 0 Å². The maximum Gasteiger partial charge on any atom is 0.191 e. The van der Waals surface area contributed by atoms with Crippen LogP contribution in [-0.2, 0) is 0 Å². The molecule has 0 radical (unpaired) electrons. The number of hydrogen-bond donors (Lipinski definition) is 2. The third kappa shape index (κ3) is 7.25. The Morgan fingerprint density at radius 3 is 2.54 bits per heavy atom. The van der Waals surface area contributed by atoms with Crippen LogP contribution < -0.4 is 10.6 Å². The molecule has 5 nitrogen and oxygen atoms in total. The Hall–Kier alpha value is -0.380. The molecule has 0 saturated carbocycles. The van der Waals surface area contributed by atoms with Crippen LogP contribution in [0.15, 0.2) is 21.8 Å². The average Bonchev–Trinajstić information content (AvgIpc) is 3.13. The number of aliphatic imine (C=N–C) groups is 1. The van der Waals surface area contributed by atoms with E-state index in [1.807, 2.05) is 7.05 Å². The van der Waals surface area contributed by atoms with Gasteiger partial charge in [0.1, 0.15) is 0 Å². The molecular weight excluding hydrogens is 433 g/mol. The van der Waals surface area contributed by atoms with Crippen LogP contribution in [0.25, 0.3) is 0 Å². The monoisotopic (exact) mass is 465 g/mol. The molecule has 0 aliphatic carbocycles. The van der Waals surface area contributed by atoms with Crippen molar-refractivity contribution < 1.29 is 0 Å². The lowest BCUT2D eigenvalue weighted by Crippen LogP contribution is -2.49. The summed E-state index contributed by atoms with van der Waals surface area (Å²) in [5, 5.41) is 11.2. The standard InChI is InChI=1S/C17H31N5S.HI/c1-4-21-8-10-22(11-9-21)7-6-19-17(18-3)20-13-15(2)16-5-12-23-14-16;/h5,12,14-15H,4,6-11,13H2,1-3H3,(H2,18,19,20);1H. The molecule has 1 unspecified atom stereocenters. The van der Waals surface area contributed by atoms with Crippen molar-refractivity contribution in [3.63, 3.8) is 0 Å². The van der Waals surface area contributed by atoms with Gasteiger partial charge in [0.2, 0.25) is 0 Å². The summed E-state index contributed by atoms with van der Waals surface area (Å²) in [5.74, 6) is 1.40. The molecule has 138 valence electrons. The van der Waals surface area contributed by atoms with Gasteiger partial charge in [-0.2, -0.15) is 11.3 Å². The lowest BCUT2D eigenvalue weighted by molar-refractivity contribution is 0.139. The van der Waals surface area contributed by atoms with Crippen LogP contribution in [-0.4, -0.2) is 75.2 Å². The van der Waals surface area contributed by atoms with E-state index in [1.165, 1.54) is 38.3 Å². The second-order valence-corrected chi connectivity index (χ2v) is 6.89. The quantitative estimate of drug-likeness (QED) is 0.369. The van der Waals surface area contributed by atoms with Crippen molar-refractivity contribution in [3.8, 4) is 0 Å². The van der Waals surface area contributed by atoms with Gasteiger partial charge in [-0.3, -0.25) is 9.89 Å². The Balaban J connectivity index is 0.00000288. The molecule has 1 fully saturated rings. The summed E-state index contributed by atoms with van der Waals surface area (Å²) in [5.41, 5.74) is 1.40. The van der Waals surface area contributed by atoms with Crippen LogP contribution in [0.3, 0.4) is 0 Å². The first kappa shape index (κ1) is 21.7. The van der Waals surface area contributed by atoms with Gasteiger partial charge in [-0.15, -0.1) is 24.0 Å². The predicted molar refractivity (Wildman–Crippen MR) is 116 cm³/mol. The number of piperazine rings is 1. The number of thiophene rings is 1. The summed E-state index contributed by atoms with van der Waals surface area (Å²) in [6.45, 7) is 13.3. The van der Waals surface area contributed by atoms with Crippen molar-refractivity contribution in [2.45, 2.75) is 19.8 Å². The highest BCUT2D eigenvalue weighted by Gasteiger charge is 2.14. The van der Waals surface area contributed by atoms with E-state index in [9.17, 15) is 0 Å². The van der Waals surface area contributed by atoms with Crippen molar-refractivity contribution in [1.29, 1.82) is 0 Å². The van der Waals surface area contributed by atoms with E-state index in [0.717, 1.165) is 25.6 Å². The highest BCUT2D eigenvalue weighted by molar-refractivity contribution is 14.0. The third-order valence-corrected chi connectivity index (χ3v) is 5.25. The van der Waals surface area contributed by atoms with Gasteiger partial charge in [0.15, 0.2) is 5.96 Å². The summed E-state index contributed by atoms with van der Waals surface area (Å²) in [7, 11) is 1.84. The number of hydrogen-bond acceptors (Lipinski definition) is 4. The van der Waals surface area contributed by atoms with E-state index in [1.54, 1.807) is 11.3 Å². The topological polar surface area (TPSA) is 42.9 Å². The molecule has 1 aromatic rings. The van der Waals surface area contributed by atoms with Gasteiger partial charge in [-0.1, -0.05) is 13.8 Å². The van der Waals surface area contributed by atoms with Crippen LogP contribution >= 0.6 is 35.3 Å². The highest BCUT2D eigenvalue weighted by Crippen LogP contribution is 2.16. The Kier molecular flexibility index (Phi) is 10.9. The molecule has 1 aliphatic rings. The van der Waals surface area contributed by atoms with Gasteiger partial charge in [-0.05, 0) is 34.9 Å². The number of halogens is 1. The van der Waals surface area contributed by atoms with E-state index in [4.69, 9.17) is 0 Å².